The first-order valence-electron chi connectivity index (χ1n) is 13.3. The normalized spacial score (nSPS) is 12.4. The largest absolute Gasteiger partial charge is 0.493 e. The third-order valence-corrected chi connectivity index (χ3v) is 7.65. The summed E-state index contributed by atoms with van der Waals surface area (Å²) in [6, 6.07) is 24.3. The number of carboxylic acid groups (broad SMARTS) is 1. The molecule has 194 valence electrons. The van der Waals surface area contributed by atoms with Crippen molar-refractivity contribution in [1.82, 2.24) is 15.0 Å². The number of aliphatic carboxylic acids is 1. The molecule has 0 radical (unpaired) electrons. The Morgan fingerprint density at radius 3 is 2.52 bits per heavy atom. The van der Waals surface area contributed by atoms with Crippen molar-refractivity contribution in [2.75, 3.05) is 6.61 Å². The molecule has 6 heteroatoms. The molecular weight excluding hydrogens is 498 g/mol. The van der Waals surface area contributed by atoms with E-state index in [0.717, 1.165) is 72.8 Å². The van der Waals surface area contributed by atoms with Crippen LogP contribution in [-0.4, -0.2) is 32.6 Å². The molecule has 1 N–H and O–H groups in total. The number of carbonyl (C=O) groups is 1. The molecule has 40 heavy (non-hydrogen) atoms. The molecule has 0 unspecified atom stereocenters. The van der Waals surface area contributed by atoms with Gasteiger partial charge in [0.15, 0.2) is 5.82 Å². The second-order valence-electron chi connectivity index (χ2n) is 10.1. The van der Waals surface area contributed by atoms with Crippen LogP contribution in [0.1, 0.15) is 16.7 Å². The van der Waals surface area contributed by atoms with Crippen molar-refractivity contribution < 1.29 is 14.6 Å². The number of nitrogens with zero attached hydrogens (tertiary/aromatic N) is 3. The summed E-state index contributed by atoms with van der Waals surface area (Å²) in [5, 5.41) is 12.8. The number of pyridine rings is 1. The molecule has 0 fully saturated rings. The third-order valence-electron chi connectivity index (χ3n) is 7.65. The van der Waals surface area contributed by atoms with Crippen LogP contribution in [0.15, 0.2) is 91.4 Å². The molecule has 3 heterocycles. The Morgan fingerprint density at radius 1 is 0.900 bits per heavy atom. The Bertz CT molecular complexity index is 1920. The molecule has 2 aromatic heterocycles. The Hall–Kier alpha value is -5.10. The van der Waals surface area contributed by atoms with Gasteiger partial charge in [-0.3, -0.25) is 9.78 Å². The first-order valence-corrected chi connectivity index (χ1v) is 13.3. The molecule has 7 rings (SSSR count). The molecule has 0 saturated carbocycles. The smallest absolute Gasteiger partial charge is 0.307 e. The van der Waals surface area contributed by atoms with Crippen molar-refractivity contribution in [3.05, 3.63) is 108 Å². The van der Waals surface area contributed by atoms with Gasteiger partial charge in [-0.15, -0.1) is 0 Å². The van der Waals surface area contributed by atoms with Crippen LogP contribution in [-0.2, 0) is 17.6 Å². The van der Waals surface area contributed by atoms with Crippen molar-refractivity contribution in [1.29, 1.82) is 0 Å². The van der Waals surface area contributed by atoms with E-state index in [0.29, 0.717) is 12.4 Å². The lowest BCUT2D eigenvalue weighted by atomic mass is 9.86. The van der Waals surface area contributed by atoms with Crippen molar-refractivity contribution in [2.24, 2.45) is 0 Å². The fourth-order valence-corrected chi connectivity index (χ4v) is 5.77. The highest BCUT2D eigenvalue weighted by Crippen LogP contribution is 2.43. The summed E-state index contributed by atoms with van der Waals surface area (Å²) in [7, 11) is 0. The monoisotopic (exact) mass is 523 g/mol. The maximum Gasteiger partial charge on any atom is 0.307 e. The maximum absolute atomic E-state index is 12.0. The van der Waals surface area contributed by atoms with Crippen molar-refractivity contribution in [2.45, 2.75) is 19.8 Å². The van der Waals surface area contributed by atoms with Gasteiger partial charge in [-0.1, -0.05) is 48.5 Å². The minimum atomic E-state index is -0.866. The minimum Gasteiger partial charge on any atom is -0.493 e. The van der Waals surface area contributed by atoms with Crippen molar-refractivity contribution >= 4 is 27.6 Å². The number of ether oxygens (including phenoxy) is 1. The summed E-state index contributed by atoms with van der Waals surface area (Å²) in [6.07, 6.45) is 6.27. The van der Waals surface area contributed by atoms with Gasteiger partial charge in [0.25, 0.3) is 0 Å². The molecule has 4 aromatic carbocycles. The number of carboxylic acids is 1. The van der Waals surface area contributed by atoms with E-state index in [-0.39, 0.29) is 6.42 Å². The Balaban J connectivity index is 1.41. The zero-order chi connectivity index (χ0) is 27.2. The van der Waals surface area contributed by atoms with Gasteiger partial charge in [0.1, 0.15) is 5.75 Å². The van der Waals surface area contributed by atoms with Crippen LogP contribution in [0.2, 0.25) is 0 Å². The number of fused-ring (bicyclic) bond motifs is 1. The highest BCUT2D eigenvalue weighted by Gasteiger charge is 2.22. The van der Waals surface area contributed by atoms with E-state index in [1.807, 2.05) is 80.1 Å². The molecule has 0 spiro atoms. The number of aromatic nitrogens is 3. The lowest BCUT2D eigenvalue weighted by Crippen LogP contribution is -2.10. The molecule has 6 aromatic rings. The summed E-state index contributed by atoms with van der Waals surface area (Å²) < 4.78 is 5.95. The Labute approximate surface area is 231 Å². The van der Waals surface area contributed by atoms with E-state index >= 15 is 0 Å². The Morgan fingerprint density at radius 2 is 1.73 bits per heavy atom. The van der Waals surface area contributed by atoms with Gasteiger partial charge >= 0.3 is 5.97 Å². The average Bonchev–Trinajstić information content (AvgIpc) is 2.98. The van der Waals surface area contributed by atoms with Gasteiger partial charge in [0, 0.05) is 47.1 Å². The average molecular weight is 524 g/mol. The summed E-state index contributed by atoms with van der Waals surface area (Å²) in [5.74, 6) is 0.641. The molecule has 0 amide bonds. The van der Waals surface area contributed by atoms with Crippen LogP contribution in [0, 0.1) is 6.92 Å². The molecule has 1 aliphatic rings. The van der Waals surface area contributed by atoms with Crippen molar-refractivity contribution in [3.63, 3.8) is 0 Å². The molecule has 0 saturated heterocycles. The zero-order valence-electron chi connectivity index (χ0n) is 21.9. The lowest BCUT2D eigenvalue weighted by Gasteiger charge is -2.22. The maximum atomic E-state index is 12.0. The van der Waals surface area contributed by atoms with Crippen LogP contribution < -0.4 is 4.74 Å². The lowest BCUT2D eigenvalue weighted by molar-refractivity contribution is -0.136. The van der Waals surface area contributed by atoms with E-state index in [1.54, 1.807) is 0 Å². The first kappa shape index (κ1) is 24.0. The fraction of sp³-hybridized carbons (Fsp3) is 0.118. The Kier molecular flexibility index (Phi) is 5.74. The van der Waals surface area contributed by atoms with Crippen LogP contribution >= 0.6 is 0 Å². The number of hydrogen-bond donors (Lipinski definition) is 1. The highest BCUT2D eigenvalue weighted by atomic mass is 16.5. The van der Waals surface area contributed by atoms with E-state index < -0.39 is 5.97 Å². The second kappa shape index (κ2) is 9.58. The second-order valence-corrected chi connectivity index (χ2v) is 10.1. The summed E-state index contributed by atoms with van der Waals surface area (Å²) >= 11 is 0. The number of hydrogen-bond acceptors (Lipinski definition) is 5. The van der Waals surface area contributed by atoms with E-state index in [2.05, 4.69) is 28.2 Å². The molecular formula is C34H25N3O3. The third kappa shape index (κ3) is 4.05. The summed E-state index contributed by atoms with van der Waals surface area (Å²) in [5.41, 5.74) is 8.45. The fourth-order valence-electron chi connectivity index (χ4n) is 5.77. The number of aryl methyl sites for hydroxylation is 1. The van der Waals surface area contributed by atoms with Gasteiger partial charge in [0.05, 0.1) is 18.5 Å². The van der Waals surface area contributed by atoms with Crippen LogP contribution in [0.5, 0.6) is 5.75 Å². The zero-order valence-corrected chi connectivity index (χ0v) is 21.9. The molecule has 1 aliphatic heterocycles. The van der Waals surface area contributed by atoms with Gasteiger partial charge in [-0.2, -0.15) is 0 Å². The quantitative estimate of drug-likeness (QED) is 0.261. The first-order chi connectivity index (χ1) is 19.6. The van der Waals surface area contributed by atoms with E-state index in [9.17, 15) is 9.90 Å². The summed E-state index contributed by atoms with van der Waals surface area (Å²) in [4.78, 5) is 26.0. The number of rotatable bonds is 5. The predicted molar refractivity (Wildman–Crippen MR) is 156 cm³/mol. The number of benzene rings is 4. The standard InChI is InChI=1S/C34H25N3O3/c1-20-15-24-16-23(25-18-36-34(37-19-25)22-5-3-2-4-6-22)7-8-26(24)32(28(20)17-30(38)39)27-9-10-29-31-21(12-14-40-29)11-13-35-33(27)31/h2-11,13,15-16,18-19H,12,14,17H2,1H3,(H,38,39). The topological polar surface area (TPSA) is 85.2 Å². The van der Waals surface area contributed by atoms with Gasteiger partial charge < -0.3 is 9.84 Å². The predicted octanol–water partition coefficient (Wildman–Crippen LogP) is 7.05. The van der Waals surface area contributed by atoms with Crippen LogP contribution in [0.3, 0.4) is 0 Å². The molecule has 0 bridgehead atoms. The van der Waals surface area contributed by atoms with Gasteiger partial charge in [-0.25, -0.2) is 9.97 Å². The molecule has 0 atom stereocenters. The highest BCUT2D eigenvalue weighted by molar-refractivity contribution is 6.09. The van der Waals surface area contributed by atoms with Gasteiger partial charge in [-0.05, 0) is 69.8 Å². The van der Waals surface area contributed by atoms with Crippen LogP contribution in [0.4, 0.5) is 0 Å². The molecule has 0 aliphatic carbocycles. The van der Waals surface area contributed by atoms with E-state index in [4.69, 9.17) is 9.72 Å². The van der Waals surface area contributed by atoms with Crippen LogP contribution in [0.25, 0.3) is 55.3 Å². The van der Waals surface area contributed by atoms with Gasteiger partial charge in [0.2, 0.25) is 0 Å². The SMILES string of the molecule is Cc1cc2cc(-c3cnc(-c4ccccc4)nc3)ccc2c(-c2ccc3c4c(ccnc24)CCO3)c1CC(=O)O. The van der Waals surface area contributed by atoms with Crippen molar-refractivity contribution in [3.8, 4) is 39.4 Å². The minimum absolute atomic E-state index is 0.0763. The molecule has 6 nitrogen and oxygen atoms in total. The van der Waals surface area contributed by atoms with E-state index in [1.165, 1.54) is 5.56 Å². The summed E-state index contributed by atoms with van der Waals surface area (Å²) in [6.45, 7) is 2.62.